The molecule has 0 aromatic heterocycles. The Bertz CT molecular complexity index is 1290. The number of hydrazone groups is 1. The molecule has 0 fully saturated rings. The lowest BCUT2D eigenvalue weighted by Gasteiger charge is -2.09. The summed E-state index contributed by atoms with van der Waals surface area (Å²) in [5.41, 5.74) is 3.87. The second kappa shape index (κ2) is 9.58. The number of hydrogen-bond donors (Lipinski definition) is 2. The van der Waals surface area contributed by atoms with Crippen molar-refractivity contribution in [2.45, 2.75) is 11.8 Å². The second-order valence-electron chi connectivity index (χ2n) is 6.66. The van der Waals surface area contributed by atoms with Crippen molar-refractivity contribution in [3.63, 3.8) is 0 Å². The minimum atomic E-state index is -3.75. The van der Waals surface area contributed by atoms with Gasteiger partial charge in [-0.1, -0.05) is 35.4 Å². The van der Waals surface area contributed by atoms with Gasteiger partial charge in [-0.15, -0.1) is 0 Å². The smallest absolute Gasteiger partial charge is 0.280 e. The van der Waals surface area contributed by atoms with Crippen LogP contribution in [0.25, 0.3) is 0 Å². The van der Waals surface area contributed by atoms with E-state index in [2.05, 4.69) is 15.2 Å². The summed E-state index contributed by atoms with van der Waals surface area (Å²) in [6.45, 7) is 1.86. The van der Waals surface area contributed by atoms with Crippen LogP contribution in [-0.4, -0.2) is 25.5 Å². The number of hydrogen-bond acceptors (Lipinski definition) is 6. The third-order valence-electron chi connectivity index (χ3n) is 4.28. The first-order valence-corrected chi connectivity index (χ1v) is 11.0. The first kappa shape index (κ1) is 22.9. The van der Waals surface area contributed by atoms with Crippen LogP contribution in [0.1, 0.15) is 21.5 Å². The Morgan fingerprint density at radius 2 is 1.72 bits per heavy atom. The van der Waals surface area contributed by atoms with E-state index >= 15 is 0 Å². The summed E-state index contributed by atoms with van der Waals surface area (Å²) in [6, 6.07) is 16.3. The van der Waals surface area contributed by atoms with Gasteiger partial charge in [-0.2, -0.15) is 5.10 Å². The maximum absolute atomic E-state index is 12.4. The van der Waals surface area contributed by atoms with Gasteiger partial charge < -0.3 is 0 Å². The van der Waals surface area contributed by atoms with E-state index in [0.29, 0.717) is 11.3 Å². The van der Waals surface area contributed by atoms with Crippen molar-refractivity contribution in [3.05, 3.63) is 98.6 Å². The molecular weight excluding hydrogens is 456 g/mol. The first-order valence-electron chi connectivity index (χ1n) is 9.12. The van der Waals surface area contributed by atoms with Gasteiger partial charge in [0.05, 0.1) is 16.0 Å². The average molecular weight is 473 g/mol. The highest BCUT2D eigenvalue weighted by molar-refractivity contribution is 7.92. The molecule has 0 unspecified atom stereocenters. The van der Waals surface area contributed by atoms with Gasteiger partial charge in [0.1, 0.15) is 5.02 Å². The lowest BCUT2D eigenvalue weighted by Crippen LogP contribution is -2.18. The number of nitro groups is 1. The molecule has 0 saturated heterocycles. The molecule has 0 saturated carbocycles. The SMILES string of the molecule is Cc1ccc(S(=O)(=O)Nc2ccc(C(=O)NN=Cc3ccc(Cl)c([N+](=O)[O-])c3)cc2)cc1. The third-order valence-corrected chi connectivity index (χ3v) is 5.99. The maximum atomic E-state index is 12.4. The van der Waals surface area contributed by atoms with Gasteiger partial charge in [0.2, 0.25) is 0 Å². The monoisotopic (exact) mass is 472 g/mol. The van der Waals surface area contributed by atoms with E-state index < -0.39 is 20.9 Å². The quantitative estimate of drug-likeness (QED) is 0.303. The maximum Gasteiger partial charge on any atom is 0.288 e. The van der Waals surface area contributed by atoms with Gasteiger partial charge in [-0.05, 0) is 49.4 Å². The van der Waals surface area contributed by atoms with Crippen molar-refractivity contribution in [1.82, 2.24) is 5.43 Å². The van der Waals surface area contributed by atoms with Gasteiger partial charge >= 0.3 is 0 Å². The fraction of sp³-hybridized carbons (Fsp3) is 0.0476. The van der Waals surface area contributed by atoms with Gasteiger partial charge in [-0.25, -0.2) is 13.8 Å². The number of carbonyl (C=O) groups excluding carboxylic acids is 1. The molecule has 3 rings (SSSR count). The molecular formula is C21H17ClN4O5S. The van der Waals surface area contributed by atoms with Crippen molar-refractivity contribution in [1.29, 1.82) is 0 Å². The summed E-state index contributed by atoms with van der Waals surface area (Å²) in [6.07, 6.45) is 1.24. The number of amides is 1. The normalized spacial score (nSPS) is 11.3. The van der Waals surface area contributed by atoms with Crippen LogP contribution in [0.4, 0.5) is 11.4 Å². The van der Waals surface area contributed by atoms with Crippen LogP contribution in [0.2, 0.25) is 5.02 Å². The zero-order valence-corrected chi connectivity index (χ0v) is 18.2. The number of rotatable bonds is 7. The number of carbonyl (C=O) groups is 1. The summed E-state index contributed by atoms with van der Waals surface area (Å²) < 4.78 is 27.3. The predicted octanol–water partition coefficient (Wildman–Crippen LogP) is 4.12. The van der Waals surface area contributed by atoms with E-state index in [1.165, 1.54) is 60.8 Å². The van der Waals surface area contributed by atoms with Crippen LogP contribution in [0, 0.1) is 17.0 Å². The fourth-order valence-corrected chi connectivity index (χ4v) is 3.85. The number of benzene rings is 3. The zero-order valence-electron chi connectivity index (χ0n) is 16.7. The number of anilines is 1. The number of halogens is 1. The molecule has 0 aliphatic rings. The molecule has 32 heavy (non-hydrogen) atoms. The molecule has 2 N–H and O–H groups in total. The largest absolute Gasteiger partial charge is 0.288 e. The van der Waals surface area contributed by atoms with Crippen LogP contribution in [-0.2, 0) is 10.0 Å². The molecule has 11 heteroatoms. The van der Waals surface area contributed by atoms with Crippen molar-refractivity contribution in [2.24, 2.45) is 5.10 Å². The lowest BCUT2D eigenvalue weighted by atomic mass is 10.2. The Morgan fingerprint density at radius 1 is 1.06 bits per heavy atom. The summed E-state index contributed by atoms with van der Waals surface area (Å²) in [4.78, 5) is 22.6. The van der Waals surface area contributed by atoms with Gasteiger partial charge in [0.25, 0.3) is 21.6 Å². The van der Waals surface area contributed by atoms with Crippen LogP contribution >= 0.6 is 11.6 Å². The minimum Gasteiger partial charge on any atom is -0.280 e. The van der Waals surface area contributed by atoms with Crippen molar-refractivity contribution < 1.29 is 18.1 Å². The van der Waals surface area contributed by atoms with E-state index in [1.54, 1.807) is 12.1 Å². The Kier molecular flexibility index (Phi) is 6.86. The molecule has 3 aromatic carbocycles. The van der Waals surface area contributed by atoms with Crippen molar-refractivity contribution in [3.8, 4) is 0 Å². The Morgan fingerprint density at radius 3 is 2.34 bits per heavy atom. The summed E-state index contributed by atoms with van der Waals surface area (Å²) in [5, 5.41) is 14.7. The minimum absolute atomic E-state index is 0.00530. The van der Waals surface area contributed by atoms with Crippen molar-refractivity contribution >= 4 is 45.1 Å². The summed E-state index contributed by atoms with van der Waals surface area (Å²) in [5.74, 6) is -0.544. The molecule has 9 nitrogen and oxygen atoms in total. The molecule has 0 spiro atoms. The van der Waals surface area contributed by atoms with Gasteiger partial charge in [0, 0.05) is 22.9 Å². The van der Waals surface area contributed by atoms with Gasteiger partial charge in [0.15, 0.2) is 0 Å². The highest BCUT2D eigenvalue weighted by Gasteiger charge is 2.14. The second-order valence-corrected chi connectivity index (χ2v) is 8.75. The average Bonchev–Trinajstić information content (AvgIpc) is 2.75. The fourth-order valence-electron chi connectivity index (χ4n) is 2.60. The lowest BCUT2D eigenvalue weighted by molar-refractivity contribution is -0.384. The predicted molar refractivity (Wildman–Crippen MR) is 122 cm³/mol. The summed E-state index contributed by atoms with van der Waals surface area (Å²) >= 11 is 5.75. The molecule has 1 amide bonds. The first-order chi connectivity index (χ1) is 15.2. The van der Waals surface area contributed by atoms with Crippen LogP contribution < -0.4 is 10.1 Å². The Labute approximate surface area is 188 Å². The third kappa shape index (κ3) is 5.68. The summed E-state index contributed by atoms with van der Waals surface area (Å²) in [7, 11) is -3.75. The molecule has 0 bridgehead atoms. The molecule has 0 aliphatic carbocycles. The number of nitro benzene ring substituents is 1. The molecule has 0 atom stereocenters. The number of sulfonamides is 1. The highest BCUT2D eigenvalue weighted by Crippen LogP contribution is 2.24. The number of nitrogens with zero attached hydrogens (tertiary/aromatic N) is 2. The molecule has 0 radical (unpaired) electrons. The molecule has 3 aromatic rings. The van der Waals surface area contributed by atoms with E-state index in [4.69, 9.17) is 11.6 Å². The molecule has 0 aliphatic heterocycles. The van der Waals surface area contributed by atoms with E-state index in [-0.39, 0.29) is 21.2 Å². The molecule has 0 heterocycles. The van der Waals surface area contributed by atoms with E-state index in [9.17, 15) is 23.3 Å². The standard InChI is InChI=1S/C21H17ClN4O5S/c1-14-2-9-18(10-3-14)32(30,31)25-17-7-5-16(6-8-17)21(27)24-23-13-15-4-11-19(22)20(12-15)26(28)29/h2-13,25H,1H3,(H,24,27). The van der Waals surface area contributed by atoms with Crippen molar-refractivity contribution in [2.75, 3.05) is 4.72 Å². The Balaban J connectivity index is 1.64. The Hall–Kier alpha value is -3.76. The topological polar surface area (TPSA) is 131 Å². The van der Waals surface area contributed by atoms with Crippen LogP contribution in [0.15, 0.2) is 76.7 Å². The van der Waals surface area contributed by atoms with Crippen LogP contribution in [0.3, 0.4) is 0 Å². The van der Waals surface area contributed by atoms with E-state index in [1.807, 2.05) is 6.92 Å². The van der Waals surface area contributed by atoms with Crippen LogP contribution in [0.5, 0.6) is 0 Å². The zero-order chi connectivity index (χ0) is 23.3. The number of aryl methyl sites for hydroxylation is 1. The van der Waals surface area contributed by atoms with Gasteiger partial charge in [-0.3, -0.25) is 19.6 Å². The van der Waals surface area contributed by atoms with E-state index in [0.717, 1.165) is 5.56 Å². The number of nitrogens with one attached hydrogen (secondary N) is 2. The highest BCUT2D eigenvalue weighted by atomic mass is 35.5. The molecule has 164 valence electrons.